The minimum Gasteiger partial charge on any atom is -0.491 e. The molecule has 1 aromatic rings. The predicted octanol–water partition coefficient (Wildman–Crippen LogP) is 3.00. The Balaban J connectivity index is 2.74. The van der Waals surface area contributed by atoms with Crippen LogP contribution in [0.1, 0.15) is 51.4 Å². The summed E-state index contributed by atoms with van der Waals surface area (Å²) in [6.45, 7) is 10.1. The highest BCUT2D eigenvalue weighted by Crippen LogP contribution is 2.22. The zero-order valence-corrected chi connectivity index (χ0v) is 13.6. The lowest BCUT2D eigenvalue weighted by molar-refractivity contribution is 0.0885. The number of amides is 1. The Morgan fingerprint density at radius 2 is 1.81 bits per heavy atom. The van der Waals surface area contributed by atoms with Gasteiger partial charge in [-0.1, -0.05) is 20.8 Å². The van der Waals surface area contributed by atoms with Gasteiger partial charge in [0, 0.05) is 18.2 Å². The van der Waals surface area contributed by atoms with Crippen LogP contribution in [0.5, 0.6) is 5.75 Å². The standard InChI is InChI=1S/C17H27NO3/c1-12(2)21-14-8-6-13(7-9-14)16(20)18-15(10-11-19)17(3,4)5/h6-9,12,15,19H,10-11H2,1-5H3,(H,18,20). The van der Waals surface area contributed by atoms with Gasteiger partial charge in [-0.05, 0) is 49.9 Å². The zero-order valence-electron chi connectivity index (χ0n) is 13.6. The van der Waals surface area contributed by atoms with Crippen molar-refractivity contribution in [2.45, 2.75) is 53.2 Å². The van der Waals surface area contributed by atoms with Crippen LogP contribution in [0.15, 0.2) is 24.3 Å². The van der Waals surface area contributed by atoms with Crippen molar-refractivity contribution in [3.05, 3.63) is 29.8 Å². The summed E-state index contributed by atoms with van der Waals surface area (Å²) in [5.74, 6) is 0.628. The van der Waals surface area contributed by atoms with Gasteiger partial charge in [0.25, 0.3) is 5.91 Å². The average molecular weight is 293 g/mol. The molecule has 0 fully saturated rings. The number of ether oxygens (including phenoxy) is 1. The van der Waals surface area contributed by atoms with E-state index in [9.17, 15) is 4.79 Å². The molecular weight excluding hydrogens is 266 g/mol. The predicted molar refractivity (Wildman–Crippen MR) is 84.6 cm³/mol. The summed E-state index contributed by atoms with van der Waals surface area (Å²) < 4.78 is 5.56. The topological polar surface area (TPSA) is 58.6 Å². The second-order valence-corrected chi connectivity index (χ2v) is 6.60. The van der Waals surface area contributed by atoms with Crippen LogP contribution >= 0.6 is 0 Å². The second-order valence-electron chi connectivity index (χ2n) is 6.60. The van der Waals surface area contributed by atoms with Crippen molar-refractivity contribution in [1.29, 1.82) is 0 Å². The molecule has 2 N–H and O–H groups in total. The van der Waals surface area contributed by atoms with E-state index >= 15 is 0 Å². The number of carbonyl (C=O) groups is 1. The van der Waals surface area contributed by atoms with Crippen molar-refractivity contribution < 1.29 is 14.6 Å². The first-order chi connectivity index (χ1) is 9.74. The number of aliphatic hydroxyl groups excluding tert-OH is 1. The zero-order chi connectivity index (χ0) is 16.0. The van der Waals surface area contributed by atoms with E-state index in [-0.39, 0.29) is 30.1 Å². The highest BCUT2D eigenvalue weighted by molar-refractivity contribution is 5.94. The molecular formula is C17H27NO3. The maximum absolute atomic E-state index is 12.3. The molecule has 0 aliphatic rings. The number of aliphatic hydroxyl groups is 1. The number of benzene rings is 1. The van der Waals surface area contributed by atoms with E-state index in [4.69, 9.17) is 9.84 Å². The number of hydrogen-bond acceptors (Lipinski definition) is 3. The van der Waals surface area contributed by atoms with E-state index in [1.165, 1.54) is 0 Å². The van der Waals surface area contributed by atoms with Crippen molar-refractivity contribution in [2.24, 2.45) is 5.41 Å². The molecule has 1 aromatic carbocycles. The van der Waals surface area contributed by atoms with Gasteiger partial charge in [-0.15, -0.1) is 0 Å². The van der Waals surface area contributed by atoms with Crippen LogP contribution < -0.4 is 10.1 Å². The maximum Gasteiger partial charge on any atom is 0.251 e. The molecule has 0 heterocycles. The van der Waals surface area contributed by atoms with Crippen molar-refractivity contribution >= 4 is 5.91 Å². The molecule has 0 spiro atoms. The fourth-order valence-corrected chi connectivity index (χ4v) is 2.05. The minimum absolute atomic E-state index is 0.0589. The van der Waals surface area contributed by atoms with E-state index in [2.05, 4.69) is 5.32 Å². The Bertz CT molecular complexity index is 446. The molecule has 1 amide bonds. The monoisotopic (exact) mass is 293 g/mol. The van der Waals surface area contributed by atoms with Crippen LogP contribution in [0.2, 0.25) is 0 Å². The highest BCUT2D eigenvalue weighted by atomic mass is 16.5. The summed E-state index contributed by atoms with van der Waals surface area (Å²) in [4.78, 5) is 12.3. The molecule has 0 radical (unpaired) electrons. The normalized spacial score (nSPS) is 13.1. The summed E-state index contributed by atoms with van der Waals surface area (Å²) >= 11 is 0. The molecule has 0 aromatic heterocycles. The number of carbonyl (C=O) groups excluding carboxylic acids is 1. The van der Waals surface area contributed by atoms with Gasteiger partial charge in [0.15, 0.2) is 0 Å². The van der Waals surface area contributed by atoms with Gasteiger partial charge in [-0.25, -0.2) is 0 Å². The Morgan fingerprint density at radius 3 is 2.24 bits per heavy atom. The SMILES string of the molecule is CC(C)Oc1ccc(C(=O)NC(CCO)C(C)(C)C)cc1. The fraction of sp³-hybridized carbons (Fsp3) is 0.588. The Morgan fingerprint density at radius 1 is 1.24 bits per heavy atom. The Labute approximate surface area is 127 Å². The molecule has 118 valence electrons. The van der Waals surface area contributed by atoms with Crippen LogP contribution in [0.4, 0.5) is 0 Å². The van der Waals surface area contributed by atoms with E-state index in [1.807, 2.05) is 34.6 Å². The number of rotatable bonds is 6. The average Bonchev–Trinajstić information content (AvgIpc) is 2.37. The summed E-state index contributed by atoms with van der Waals surface area (Å²) in [5.41, 5.74) is 0.498. The summed E-state index contributed by atoms with van der Waals surface area (Å²) in [6.07, 6.45) is 0.656. The van der Waals surface area contributed by atoms with Gasteiger partial charge in [0.1, 0.15) is 5.75 Å². The van der Waals surface area contributed by atoms with Gasteiger partial charge in [-0.3, -0.25) is 4.79 Å². The molecule has 1 rings (SSSR count). The Kier molecular flexibility index (Phi) is 6.21. The highest BCUT2D eigenvalue weighted by Gasteiger charge is 2.26. The van der Waals surface area contributed by atoms with Crippen LogP contribution in [-0.2, 0) is 0 Å². The second kappa shape index (κ2) is 7.46. The first kappa shape index (κ1) is 17.5. The van der Waals surface area contributed by atoms with Crippen LogP contribution in [0, 0.1) is 5.41 Å². The van der Waals surface area contributed by atoms with Gasteiger partial charge in [0.2, 0.25) is 0 Å². The summed E-state index contributed by atoms with van der Waals surface area (Å²) in [7, 11) is 0. The third-order valence-corrected chi connectivity index (χ3v) is 3.26. The number of nitrogens with one attached hydrogen (secondary N) is 1. The number of hydrogen-bond donors (Lipinski definition) is 2. The van der Waals surface area contributed by atoms with Crippen LogP contribution in [-0.4, -0.2) is 29.8 Å². The Hall–Kier alpha value is -1.55. The van der Waals surface area contributed by atoms with E-state index in [0.717, 1.165) is 5.75 Å². The molecule has 0 aliphatic carbocycles. The lowest BCUT2D eigenvalue weighted by Crippen LogP contribution is -2.44. The maximum atomic E-state index is 12.3. The van der Waals surface area contributed by atoms with Crippen molar-refractivity contribution in [1.82, 2.24) is 5.32 Å². The van der Waals surface area contributed by atoms with Crippen LogP contribution in [0.25, 0.3) is 0 Å². The van der Waals surface area contributed by atoms with Gasteiger partial charge in [0.05, 0.1) is 6.10 Å². The van der Waals surface area contributed by atoms with Crippen molar-refractivity contribution in [3.63, 3.8) is 0 Å². The fourth-order valence-electron chi connectivity index (χ4n) is 2.05. The molecule has 0 bridgehead atoms. The molecule has 4 nitrogen and oxygen atoms in total. The summed E-state index contributed by atoms with van der Waals surface area (Å²) in [5, 5.41) is 12.1. The molecule has 1 unspecified atom stereocenters. The van der Waals surface area contributed by atoms with Gasteiger partial charge in [-0.2, -0.15) is 0 Å². The molecule has 21 heavy (non-hydrogen) atoms. The molecule has 4 heteroatoms. The van der Waals surface area contributed by atoms with Gasteiger partial charge < -0.3 is 15.2 Å². The lowest BCUT2D eigenvalue weighted by atomic mass is 9.85. The first-order valence-electron chi connectivity index (χ1n) is 7.42. The smallest absolute Gasteiger partial charge is 0.251 e. The minimum atomic E-state index is -0.125. The van der Waals surface area contributed by atoms with Crippen molar-refractivity contribution in [2.75, 3.05) is 6.61 Å². The molecule has 0 aliphatic heterocycles. The van der Waals surface area contributed by atoms with Gasteiger partial charge >= 0.3 is 0 Å². The quantitative estimate of drug-likeness (QED) is 0.847. The summed E-state index contributed by atoms with van der Waals surface area (Å²) in [6, 6.07) is 7.04. The van der Waals surface area contributed by atoms with E-state index in [1.54, 1.807) is 24.3 Å². The van der Waals surface area contributed by atoms with E-state index < -0.39 is 0 Å². The molecule has 1 atom stereocenters. The largest absolute Gasteiger partial charge is 0.491 e. The lowest BCUT2D eigenvalue weighted by Gasteiger charge is -2.31. The van der Waals surface area contributed by atoms with Crippen molar-refractivity contribution in [3.8, 4) is 5.75 Å². The molecule has 0 saturated heterocycles. The van der Waals surface area contributed by atoms with Crippen LogP contribution in [0.3, 0.4) is 0 Å². The third-order valence-electron chi connectivity index (χ3n) is 3.26. The first-order valence-corrected chi connectivity index (χ1v) is 7.42. The third kappa shape index (κ3) is 5.76. The van der Waals surface area contributed by atoms with E-state index in [0.29, 0.717) is 12.0 Å². The molecule has 0 saturated carbocycles.